The highest BCUT2D eigenvalue weighted by Crippen LogP contribution is 2.14. The van der Waals surface area contributed by atoms with Crippen LogP contribution in [0.1, 0.15) is 13.8 Å². The van der Waals surface area contributed by atoms with Gasteiger partial charge in [0.25, 0.3) is 0 Å². The van der Waals surface area contributed by atoms with Crippen molar-refractivity contribution in [3.8, 4) is 0 Å². The van der Waals surface area contributed by atoms with Crippen LogP contribution in [0.2, 0.25) is 0 Å². The van der Waals surface area contributed by atoms with Crippen LogP contribution in [-0.4, -0.2) is 18.6 Å². The summed E-state index contributed by atoms with van der Waals surface area (Å²) in [6.07, 6.45) is 0. The second kappa shape index (κ2) is 2.03. The zero-order valence-electron chi connectivity index (χ0n) is 5.52. The molecule has 0 aliphatic carbocycles. The highest BCUT2D eigenvalue weighted by Gasteiger charge is 2.28. The van der Waals surface area contributed by atoms with Gasteiger partial charge in [0, 0.05) is 24.5 Å². The van der Waals surface area contributed by atoms with Crippen LogP contribution in [0.5, 0.6) is 0 Å². The van der Waals surface area contributed by atoms with Crippen molar-refractivity contribution in [1.82, 2.24) is 5.32 Å². The van der Waals surface area contributed by atoms with Crippen LogP contribution < -0.4 is 11.1 Å². The lowest BCUT2D eigenvalue weighted by Crippen LogP contribution is -2.57. The standard InChI is InChI=1S/C6H14N2/c1-4(7)6-3-8-5(6)2/h4-6,8H,3,7H2,1-2H3. The monoisotopic (exact) mass is 114 g/mol. The molecule has 48 valence electrons. The molecule has 2 heteroatoms. The van der Waals surface area contributed by atoms with E-state index in [2.05, 4.69) is 19.2 Å². The summed E-state index contributed by atoms with van der Waals surface area (Å²) in [5, 5.41) is 3.26. The molecule has 0 amide bonds. The Labute approximate surface area is 50.4 Å². The largest absolute Gasteiger partial charge is 0.328 e. The first kappa shape index (κ1) is 6.05. The lowest BCUT2D eigenvalue weighted by Gasteiger charge is -2.38. The maximum atomic E-state index is 5.65. The molecule has 0 radical (unpaired) electrons. The Morgan fingerprint density at radius 3 is 2.38 bits per heavy atom. The summed E-state index contributed by atoms with van der Waals surface area (Å²) < 4.78 is 0. The van der Waals surface area contributed by atoms with Crippen molar-refractivity contribution in [3.05, 3.63) is 0 Å². The minimum absolute atomic E-state index is 0.367. The molecule has 0 saturated carbocycles. The molecule has 0 aromatic rings. The highest BCUT2D eigenvalue weighted by atomic mass is 15.0. The van der Waals surface area contributed by atoms with Gasteiger partial charge in [0.1, 0.15) is 0 Å². The number of rotatable bonds is 1. The van der Waals surface area contributed by atoms with Crippen molar-refractivity contribution >= 4 is 0 Å². The van der Waals surface area contributed by atoms with E-state index in [1.54, 1.807) is 0 Å². The predicted molar refractivity (Wildman–Crippen MR) is 34.6 cm³/mol. The Bertz CT molecular complexity index is 75.8. The molecule has 1 saturated heterocycles. The van der Waals surface area contributed by atoms with Crippen LogP contribution >= 0.6 is 0 Å². The molecule has 3 unspecified atom stereocenters. The van der Waals surface area contributed by atoms with Crippen molar-refractivity contribution < 1.29 is 0 Å². The molecule has 1 fully saturated rings. The number of nitrogens with one attached hydrogen (secondary N) is 1. The topological polar surface area (TPSA) is 38.0 Å². The van der Waals surface area contributed by atoms with Gasteiger partial charge in [0.05, 0.1) is 0 Å². The van der Waals surface area contributed by atoms with Crippen LogP contribution in [0.25, 0.3) is 0 Å². The van der Waals surface area contributed by atoms with Crippen LogP contribution in [0, 0.1) is 5.92 Å². The molecule has 1 rings (SSSR count). The fourth-order valence-corrected chi connectivity index (χ4v) is 1.13. The van der Waals surface area contributed by atoms with Gasteiger partial charge in [-0.15, -0.1) is 0 Å². The third-order valence-corrected chi connectivity index (χ3v) is 1.99. The van der Waals surface area contributed by atoms with E-state index in [-0.39, 0.29) is 0 Å². The Morgan fingerprint density at radius 2 is 2.38 bits per heavy atom. The zero-order valence-corrected chi connectivity index (χ0v) is 5.52. The second-order valence-electron chi connectivity index (χ2n) is 2.72. The number of hydrogen-bond acceptors (Lipinski definition) is 2. The summed E-state index contributed by atoms with van der Waals surface area (Å²) in [6.45, 7) is 5.36. The SMILES string of the molecule is CC(N)C1CNC1C. The number of nitrogens with two attached hydrogens (primary N) is 1. The first-order valence-corrected chi connectivity index (χ1v) is 3.21. The van der Waals surface area contributed by atoms with E-state index >= 15 is 0 Å². The average Bonchev–Trinajstić information content (AvgIpc) is 1.61. The van der Waals surface area contributed by atoms with Crippen LogP contribution in [0.3, 0.4) is 0 Å². The van der Waals surface area contributed by atoms with Crippen LogP contribution in [-0.2, 0) is 0 Å². The predicted octanol–water partition coefficient (Wildman–Crippen LogP) is -0.0585. The van der Waals surface area contributed by atoms with Gasteiger partial charge in [0.2, 0.25) is 0 Å². The van der Waals surface area contributed by atoms with Crippen molar-refractivity contribution in [2.75, 3.05) is 6.54 Å². The average molecular weight is 114 g/mol. The first-order valence-electron chi connectivity index (χ1n) is 3.21. The molecule has 0 spiro atoms. The molecule has 3 N–H and O–H groups in total. The summed E-state index contributed by atoms with van der Waals surface area (Å²) in [6, 6.07) is 1.02. The Kier molecular flexibility index (Phi) is 1.54. The lowest BCUT2D eigenvalue weighted by molar-refractivity contribution is 0.218. The zero-order chi connectivity index (χ0) is 6.15. The second-order valence-corrected chi connectivity index (χ2v) is 2.72. The summed E-state index contributed by atoms with van der Waals surface area (Å²) >= 11 is 0. The van der Waals surface area contributed by atoms with Gasteiger partial charge in [-0.25, -0.2) is 0 Å². The molecule has 1 aliphatic heterocycles. The van der Waals surface area contributed by atoms with Crippen LogP contribution in [0.15, 0.2) is 0 Å². The molecule has 1 aliphatic rings. The van der Waals surface area contributed by atoms with Crippen molar-refractivity contribution in [1.29, 1.82) is 0 Å². The smallest absolute Gasteiger partial charge is 0.00939 e. The quantitative estimate of drug-likeness (QED) is 0.501. The van der Waals surface area contributed by atoms with Gasteiger partial charge >= 0.3 is 0 Å². The van der Waals surface area contributed by atoms with E-state index in [4.69, 9.17) is 5.73 Å². The van der Waals surface area contributed by atoms with Crippen molar-refractivity contribution in [2.45, 2.75) is 25.9 Å². The first-order chi connectivity index (χ1) is 3.72. The van der Waals surface area contributed by atoms with Crippen LogP contribution in [0.4, 0.5) is 0 Å². The normalized spacial score (nSPS) is 40.9. The lowest BCUT2D eigenvalue weighted by atomic mass is 9.87. The van der Waals surface area contributed by atoms with E-state index in [1.807, 2.05) is 0 Å². The summed E-state index contributed by atoms with van der Waals surface area (Å²) in [5.74, 6) is 0.718. The third-order valence-electron chi connectivity index (χ3n) is 1.99. The van der Waals surface area contributed by atoms with E-state index in [1.165, 1.54) is 0 Å². The molecule has 0 aromatic carbocycles. The van der Waals surface area contributed by atoms with Crippen molar-refractivity contribution in [3.63, 3.8) is 0 Å². The molecule has 2 nitrogen and oxygen atoms in total. The molecule has 0 aromatic heterocycles. The third kappa shape index (κ3) is 0.858. The molecule has 3 atom stereocenters. The maximum absolute atomic E-state index is 5.65. The van der Waals surface area contributed by atoms with Gasteiger partial charge in [-0.1, -0.05) is 0 Å². The molecule has 8 heavy (non-hydrogen) atoms. The maximum Gasteiger partial charge on any atom is 0.00939 e. The summed E-state index contributed by atoms with van der Waals surface area (Å²) in [7, 11) is 0. The Balaban J connectivity index is 2.26. The minimum Gasteiger partial charge on any atom is -0.328 e. The van der Waals surface area contributed by atoms with E-state index < -0.39 is 0 Å². The van der Waals surface area contributed by atoms with Gasteiger partial charge in [-0.05, 0) is 13.8 Å². The van der Waals surface area contributed by atoms with Gasteiger partial charge < -0.3 is 11.1 Å². The molecular weight excluding hydrogens is 100 g/mol. The number of hydrogen-bond donors (Lipinski definition) is 2. The summed E-state index contributed by atoms with van der Waals surface area (Å²) in [4.78, 5) is 0. The molecule has 1 heterocycles. The fraction of sp³-hybridized carbons (Fsp3) is 1.00. The van der Waals surface area contributed by atoms with Crippen molar-refractivity contribution in [2.24, 2.45) is 11.7 Å². The minimum atomic E-state index is 0.367. The Morgan fingerprint density at radius 1 is 1.75 bits per heavy atom. The molecular formula is C6H14N2. The fourth-order valence-electron chi connectivity index (χ4n) is 1.13. The highest BCUT2D eigenvalue weighted by molar-refractivity contribution is 4.89. The van der Waals surface area contributed by atoms with E-state index in [9.17, 15) is 0 Å². The summed E-state index contributed by atoms with van der Waals surface area (Å²) in [5.41, 5.74) is 5.65. The van der Waals surface area contributed by atoms with Gasteiger partial charge in [0.15, 0.2) is 0 Å². The Hall–Kier alpha value is -0.0800. The van der Waals surface area contributed by atoms with Gasteiger partial charge in [-0.3, -0.25) is 0 Å². The molecule has 0 bridgehead atoms. The van der Waals surface area contributed by atoms with E-state index in [0.29, 0.717) is 12.1 Å². The van der Waals surface area contributed by atoms with E-state index in [0.717, 1.165) is 12.5 Å². The van der Waals surface area contributed by atoms with Gasteiger partial charge in [-0.2, -0.15) is 0 Å².